The normalized spacial score (nSPS) is 13.5. The van der Waals surface area contributed by atoms with Crippen LogP contribution in [0.1, 0.15) is 5.56 Å². The van der Waals surface area contributed by atoms with E-state index >= 15 is 0 Å². The summed E-state index contributed by atoms with van der Waals surface area (Å²) < 4.78 is 9.90. The van der Waals surface area contributed by atoms with Gasteiger partial charge in [-0.1, -0.05) is 0 Å². The van der Waals surface area contributed by atoms with Crippen molar-refractivity contribution in [2.45, 2.75) is 9.97 Å². The molecule has 2 aromatic carbocycles. The Balaban J connectivity index is 2.36. The maximum Gasteiger partial charge on any atom is 0.336 e. The number of alkyl halides is 1. The lowest BCUT2D eigenvalue weighted by Gasteiger charge is -2.27. The summed E-state index contributed by atoms with van der Waals surface area (Å²) in [4.78, 5) is 11.7. The number of carboxylic acids is 1. The minimum absolute atomic E-state index is 0.248. The number of phenols is 1. The molecule has 2 N–H and O–H groups in total. The predicted octanol–water partition coefficient (Wildman–Crippen LogP) is 7.36. The van der Waals surface area contributed by atoms with Crippen LogP contribution in [0.15, 0.2) is 24.3 Å². The zero-order chi connectivity index (χ0) is 20.5. The van der Waals surface area contributed by atoms with E-state index in [-0.39, 0.29) is 5.75 Å². The van der Waals surface area contributed by atoms with Gasteiger partial charge < -0.3 is 14.9 Å². The summed E-state index contributed by atoms with van der Waals surface area (Å²) in [5.41, 5.74) is 0.918. The maximum atomic E-state index is 11.7. The summed E-state index contributed by atoms with van der Waals surface area (Å²) in [5.74, 6) is 0.722. The molecule has 0 aliphatic carbocycles. The van der Waals surface area contributed by atoms with Crippen LogP contribution in [-0.2, 0) is 11.2 Å². The van der Waals surface area contributed by atoms with Crippen molar-refractivity contribution in [2.24, 2.45) is 0 Å². The van der Waals surface area contributed by atoms with Gasteiger partial charge in [0.05, 0.1) is 14.3 Å². The lowest BCUT2D eigenvalue weighted by atomic mass is 10.1. The van der Waals surface area contributed by atoms with Crippen LogP contribution in [-0.4, -0.2) is 21.1 Å². The third kappa shape index (κ3) is 6.54. The molecule has 0 bridgehead atoms. The topological polar surface area (TPSA) is 70.0 Å². The van der Waals surface area contributed by atoms with Crippen LogP contribution in [0.4, 0.5) is 0 Å². The van der Waals surface area contributed by atoms with E-state index in [2.05, 4.69) is 90.4 Å². The number of halogens is 7. The van der Waals surface area contributed by atoms with Gasteiger partial charge in [-0.25, -0.2) is 4.79 Å². The first kappa shape index (κ1) is 25.8. The van der Waals surface area contributed by atoms with Crippen molar-refractivity contribution in [3.8, 4) is 17.2 Å². The van der Waals surface area contributed by atoms with Crippen LogP contribution >= 0.6 is 159 Å². The third-order valence-electron chi connectivity index (χ3n) is 3.30. The standard InChI is InChI=1S/C15H8I7NO4/c16-8-3-7(4-9(17)12(8)24)27-13-10(18)1-6(2-11(13)19)5-15(20,14(25)26)23(21)22/h1-4,24H,5H2,(H,25,26). The predicted molar refractivity (Wildman–Crippen MR) is 163 cm³/mol. The molecule has 5 nitrogen and oxygen atoms in total. The van der Waals surface area contributed by atoms with Crippen molar-refractivity contribution < 1.29 is 19.7 Å². The Morgan fingerprint density at radius 3 is 1.89 bits per heavy atom. The van der Waals surface area contributed by atoms with Crippen molar-refractivity contribution in [2.75, 3.05) is 0 Å². The van der Waals surface area contributed by atoms with Crippen LogP contribution < -0.4 is 4.74 Å². The second-order valence-corrected chi connectivity index (χ2v) is 15.4. The first-order chi connectivity index (χ1) is 12.5. The fraction of sp³-hybridized carbons (Fsp3) is 0.133. The first-order valence-corrected chi connectivity index (χ1v) is 14.2. The number of nitrogens with zero attached hydrogens (tertiary/aromatic N) is 1. The van der Waals surface area contributed by atoms with Crippen LogP contribution in [0.5, 0.6) is 17.2 Å². The molecule has 0 amide bonds. The second kappa shape index (κ2) is 10.9. The summed E-state index contributed by atoms with van der Waals surface area (Å²) in [6.45, 7) is 0. The van der Waals surface area contributed by atoms with Crippen molar-refractivity contribution in [1.29, 1.82) is 0 Å². The Hall–Kier alpha value is 2.58. The molecule has 0 aromatic heterocycles. The Bertz CT molecular complexity index is 846. The maximum absolute atomic E-state index is 11.7. The molecule has 0 radical (unpaired) electrons. The smallest absolute Gasteiger partial charge is 0.336 e. The van der Waals surface area contributed by atoms with E-state index in [4.69, 9.17) is 4.74 Å². The molecule has 1 atom stereocenters. The Morgan fingerprint density at radius 1 is 1.00 bits per heavy atom. The summed E-state index contributed by atoms with van der Waals surface area (Å²) in [6.07, 6.45) is 0.357. The highest BCUT2D eigenvalue weighted by atomic mass is 127. The van der Waals surface area contributed by atoms with Gasteiger partial charge in [-0.05, 0) is 143 Å². The van der Waals surface area contributed by atoms with Gasteiger partial charge in [0.1, 0.15) is 11.5 Å². The minimum Gasteiger partial charge on any atom is -0.506 e. The van der Waals surface area contributed by atoms with Crippen molar-refractivity contribution >= 4 is 165 Å². The molecule has 2 rings (SSSR count). The molecule has 12 heteroatoms. The van der Waals surface area contributed by atoms with Gasteiger partial charge in [-0.2, -0.15) is 1.33 Å². The SMILES string of the molecule is O=C(O)C(I)(Cc1cc(I)c(Oc2cc(I)c(O)c(I)c2)c(I)c1)N(I)I. The Kier molecular flexibility index (Phi) is 10.5. The van der Waals surface area contributed by atoms with Gasteiger partial charge in [0.25, 0.3) is 0 Å². The molecule has 0 saturated heterocycles. The lowest BCUT2D eigenvalue weighted by Crippen LogP contribution is -2.41. The number of hydrogen-bond acceptors (Lipinski definition) is 4. The quantitative estimate of drug-likeness (QED) is 0.137. The molecule has 0 spiro atoms. The van der Waals surface area contributed by atoms with Gasteiger partial charge >= 0.3 is 5.97 Å². The molecule has 27 heavy (non-hydrogen) atoms. The van der Waals surface area contributed by atoms with Crippen LogP contribution in [0.25, 0.3) is 0 Å². The van der Waals surface area contributed by atoms with Crippen LogP contribution in [0.2, 0.25) is 0 Å². The van der Waals surface area contributed by atoms with E-state index in [1.54, 1.807) is 13.5 Å². The van der Waals surface area contributed by atoms with Crippen LogP contribution in [0.3, 0.4) is 0 Å². The fourth-order valence-electron chi connectivity index (χ4n) is 2.01. The second-order valence-electron chi connectivity index (χ2n) is 5.20. The van der Waals surface area contributed by atoms with Gasteiger partial charge in [0.15, 0.2) is 9.30 Å². The lowest BCUT2D eigenvalue weighted by molar-refractivity contribution is -0.140. The Morgan fingerprint density at radius 2 is 1.48 bits per heavy atom. The number of carboxylic acid groups (broad SMARTS) is 1. The van der Waals surface area contributed by atoms with Crippen molar-refractivity contribution in [1.82, 2.24) is 1.33 Å². The van der Waals surface area contributed by atoms with E-state index < -0.39 is 9.51 Å². The summed E-state index contributed by atoms with van der Waals surface area (Å²) in [7, 11) is 0. The fourth-order valence-corrected chi connectivity index (χ4v) is 7.03. The molecule has 146 valence electrons. The van der Waals surface area contributed by atoms with E-state index in [1.165, 1.54) is 0 Å². The number of hydrogen-bond donors (Lipinski definition) is 2. The monoisotopic (exact) mass is 1150 g/mol. The first-order valence-electron chi connectivity index (χ1n) is 6.83. The number of rotatable bonds is 6. The zero-order valence-corrected chi connectivity index (χ0v) is 27.9. The third-order valence-corrected chi connectivity index (χ3v) is 11.4. The van der Waals surface area contributed by atoms with Crippen molar-refractivity contribution in [3.05, 3.63) is 44.1 Å². The summed E-state index contributed by atoms with van der Waals surface area (Å²) in [5, 5.41) is 19.5. The molecule has 1 unspecified atom stereocenters. The Labute approximate surface area is 252 Å². The highest BCUT2D eigenvalue weighted by Gasteiger charge is 2.40. The molecular weight excluding hydrogens is 1150 g/mol. The zero-order valence-electron chi connectivity index (χ0n) is 12.8. The number of aromatic hydroxyl groups is 1. The van der Waals surface area contributed by atoms with Crippen LogP contribution in [0, 0.1) is 14.3 Å². The number of phenolic OH excluding ortho intramolecular Hbond substituents is 1. The van der Waals surface area contributed by atoms with E-state index in [1.807, 2.05) is 80.5 Å². The number of benzene rings is 2. The average molecular weight is 1150 g/mol. The van der Waals surface area contributed by atoms with Gasteiger partial charge in [-0.15, -0.1) is 0 Å². The van der Waals surface area contributed by atoms with E-state index in [0.29, 0.717) is 17.9 Å². The van der Waals surface area contributed by atoms with Gasteiger partial charge in [-0.3, -0.25) is 0 Å². The molecular formula is C15H8I7NO4. The molecule has 0 saturated carbocycles. The number of ether oxygens (including phenoxy) is 1. The van der Waals surface area contributed by atoms with Gasteiger partial charge in [0, 0.05) is 52.1 Å². The van der Waals surface area contributed by atoms with E-state index in [0.717, 1.165) is 19.8 Å². The highest BCUT2D eigenvalue weighted by Crippen LogP contribution is 2.39. The highest BCUT2D eigenvalue weighted by molar-refractivity contribution is 14.2. The average Bonchev–Trinajstić information content (AvgIpc) is 2.55. The summed E-state index contributed by atoms with van der Waals surface area (Å²) >= 11 is 14.5. The molecule has 0 aliphatic heterocycles. The summed E-state index contributed by atoms with van der Waals surface area (Å²) in [6, 6.07) is 7.45. The minimum atomic E-state index is -1.05. The number of aliphatic carboxylic acids is 1. The molecule has 0 fully saturated rings. The number of carbonyl (C=O) groups is 1. The molecule has 0 heterocycles. The molecule has 2 aromatic rings. The van der Waals surface area contributed by atoms with Crippen molar-refractivity contribution in [3.63, 3.8) is 0 Å². The van der Waals surface area contributed by atoms with E-state index in [9.17, 15) is 15.0 Å². The molecule has 0 aliphatic rings. The van der Waals surface area contributed by atoms with Gasteiger partial charge in [0.2, 0.25) is 0 Å². The largest absolute Gasteiger partial charge is 0.506 e.